The summed E-state index contributed by atoms with van der Waals surface area (Å²) < 4.78 is 10.3. The average Bonchev–Trinajstić information content (AvgIpc) is 2.30. The van der Waals surface area contributed by atoms with Crippen molar-refractivity contribution in [1.82, 2.24) is 0 Å². The summed E-state index contributed by atoms with van der Waals surface area (Å²) in [5.41, 5.74) is 6.85. The number of hydrogen-bond donors (Lipinski definition) is 2. The van der Waals surface area contributed by atoms with Gasteiger partial charge in [0.05, 0.1) is 14.2 Å². The van der Waals surface area contributed by atoms with E-state index in [0.717, 1.165) is 12.0 Å². The van der Waals surface area contributed by atoms with Crippen molar-refractivity contribution >= 4 is 0 Å². The average molecular weight is 225 g/mol. The SMILES string of the molecule is CCC(N)Cc1cc(OC)c(O)cc1OC. The largest absolute Gasteiger partial charge is 0.504 e. The van der Waals surface area contributed by atoms with Crippen molar-refractivity contribution in [2.45, 2.75) is 25.8 Å². The molecule has 0 saturated heterocycles. The van der Waals surface area contributed by atoms with E-state index in [-0.39, 0.29) is 11.8 Å². The molecule has 0 bridgehead atoms. The van der Waals surface area contributed by atoms with E-state index in [1.807, 2.05) is 6.92 Å². The molecule has 1 rings (SSSR count). The second kappa shape index (κ2) is 5.61. The van der Waals surface area contributed by atoms with E-state index in [4.69, 9.17) is 15.2 Å². The number of ether oxygens (including phenoxy) is 2. The van der Waals surface area contributed by atoms with Crippen LogP contribution in [0.5, 0.6) is 17.2 Å². The summed E-state index contributed by atoms with van der Waals surface area (Å²) in [6, 6.07) is 3.41. The third kappa shape index (κ3) is 2.79. The van der Waals surface area contributed by atoms with Gasteiger partial charge in [-0.1, -0.05) is 6.92 Å². The van der Waals surface area contributed by atoms with Gasteiger partial charge in [-0.05, 0) is 24.5 Å². The smallest absolute Gasteiger partial charge is 0.161 e. The Balaban J connectivity index is 3.04. The highest BCUT2D eigenvalue weighted by molar-refractivity contribution is 5.50. The second-order valence-corrected chi connectivity index (χ2v) is 3.71. The molecule has 0 saturated carbocycles. The molecular formula is C12H19NO3. The lowest BCUT2D eigenvalue weighted by Gasteiger charge is -2.14. The van der Waals surface area contributed by atoms with Crippen LogP contribution in [0.25, 0.3) is 0 Å². The standard InChI is InChI=1S/C12H19NO3/c1-4-9(13)5-8-6-12(16-3)10(14)7-11(8)15-2/h6-7,9,14H,4-5,13H2,1-3H3. The fourth-order valence-corrected chi connectivity index (χ4v) is 1.53. The number of nitrogens with two attached hydrogens (primary N) is 1. The van der Waals surface area contributed by atoms with Crippen LogP contribution in [-0.2, 0) is 6.42 Å². The summed E-state index contributed by atoms with van der Waals surface area (Å²) in [7, 11) is 3.09. The van der Waals surface area contributed by atoms with Crippen molar-refractivity contribution in [1.29, 1.82) is 0 Å². The van der Waals surface area contributed by atoms with Gasteiger partial charge in [0.1, 0.15) is 5.75 Å². The number of rotatable bonds is 5. The molecule has 0 aromatic heterocycles. The molecule has 0 fully saturated rings. The molecule has 1 aromatic rings. The van der Waals surface area contributed by atoms with Crippen LogP contribution < -0.4 is 15.2 Å². The maximum absolute atomic E-state index is 9.60. The Bertz CT molecular complexity index is 352. The minimum absolute atomic E-state index is 0.0770. The van der Waals surface area contributed by atoms with Gasteiger partial charge in [-0.2, -0.15) is 0 Å². The molecule has 3 N–H and O–H groups in total. The Hall–Kier alpha value is -1.42. The number of methoxy groups -OCH3 is 2. The zero-order valence-corrected chi connectivity index (χ0v) is 9.99. The van der Waals surface area contributed by atoms with E-state index in [0.29, 0.717) is 17.9 Å². The zero-order chi connectivity index (χ0) is 12.1. The monoisotopic (exact) mass is 225 g/mol. The highest BCUT2D eigenvalue weighted by atomic mass is 16.5. The van der Waals surface area contributed by atoms with Crippen molar-refractivity contribution in [3.63, 3.8) is 0 Å². The van der Waals surface area contributed by atoms with Gasteiger partial charge < -0.3 is 20.3 Å². The molecule has 4 nitrogen and oxygen atoms in total. The van der Waals surface area contributed by atoms with Gasteiger partial charge in [0.2, 0.25) is 0 Å². The van der Waals surface area contributed by atoms with Crippen LogP contribution in [0.4, 0.5) is 0 Å². The maximum Gasteiger partial charge on any atom is 0.161 e. The van der Waals surface area contributed by atoms with Gasteiger partial charge in [0.15, 0.2) is 11.5 Å². The Labute approximate surface area is 96.0 Å². The molecular weight excluding hydrogens is 206 g/mol. The van der Waals surface area contributed by atoms with Crippen molar-refractivity contribution in [2.75, 3.05) is 14.2 Å². The Morgan fingerprint density at radius 3 is 2.38 bits per heavy atom. The van der Waals surface area contributed by atoms with E-state index < -0.39 is 0 Å². The van der Waals surface area contributed by atoms with Gasteiger partial charge in [0, 0.05) is 12.1 Å². The lowest BCUT2D eigenvalue weighted by molar-refractivity contribution is 0.363. The molecule has 0 spiro atoms. The predicted octanol–water partition coefficient (Wildman–Crippen LogP) is 1.69. The van der Waals surface area contributed by atoms with Crippen LogP contribution in [0, 0.1) is 0 Å². The second-order valence-electron chi connectivity index (χ2n) is 3.71. The van der Waals surface area contributed by atoms with Gasteiger partial charge >= 0.3 is 0 Å². The summed E-state index contributed by atoms with van der Waals surface area (Å²) in [6.07, 6.45) is 1.60. The Kier molecular flexibility index (Phi) is 4.43. The summed E-state index contributed by atoms with van der Waals surface area (Å²) in [4.78, 5) is 0. The molecule has 0 aliphatic carbocycles. The summed E-state index contributed by atoms with van der Waals surface area (Å²) in [5, 5.41) is 9.60. The van der Waals surface area contributed by atoms with E-state index in [9.17, 15) is 5.11 Å². The number of aromatic hydroxyl groups is 1. The molecule has 4 heteroatoms. The highest BCUT2D eigenvalue weighted by Crippen LogP contribution is 2.34. The number of benzene rings is 1. The van der Waals surface area contributed by atoms with Crippen molar-refractivity contribution < 1.29 is 14.6 Å². The van der Waals surface area contributed by atoms with Crippen LogP contribution in [0.2, 0.25) is 0 Å². The summed E-state index contributed by atoms with van der Waals surface area (Å²) >= 11 is 0. The third-order valence-electron chi connectivity index (χ3n) is 2.59. The van der Waals surface area contributed by atoms with Crippen LogP contribution >= 0.6 is 0 Å². The van der Waals surface area contributed by atoms with Crippen LogP contribution in [0.1, 0.15) is 18.9 Å². The van der Waals surface area contributed by atoms with Crippen molar-refractivity contribution in [3.8, 4) is 17.2 Å². The molecule has 0 radical (unpaired) electrons. The minimum Gasteiger partial charge on any atom is -0.504 e. The molecule has 0 aliphatic rings. The lowest BCUT2D eigenvalue weighted by atomic mass is 10.0. The topological polar surface area (TPSA) is 64.7 Å². The van der Waals surface area contributed by atoms with Crippen molar-refractivity contribution in [3.05, 3.63) is 17.7 Å². The quantitative estimate of drug-likeness (QED) is 0.800. The first-order valence-electron chi connectivity index (χ1n) is 5.31. The fraction of sp³-hybridized carbons (Fsp3) is 0.500. The van der Waals surface area contributed by atoms with E-state index >= 15 is 0 Å². The van der Waals surface area contributed by atoms with Crippen LogP contribution in [0.15, 0.2) is 12.1 Å². The number of hydrogen-bond acceptors (Lipinski definition) is 4. The molecule has 0 aliphatic heterocycles. The lowest BCUT2D eigenvalue weighted by Crippen LogP contribution is -2.21. The van der Waals surface area contributed by atoms with E-state index in [1.54, 1.807) is 19.2 Å². The van der Waals surface area contributed by atoms with Crippen molar-refractivity contribution in [2.24, 2.45) is 5.73 Å². The van der Waals surface area contributed by atoms with Gasteiger partial charge in [0.25, 0.3) is 0 Å². The van der Waals surface area contributed by atoms with E-state index in [1.165, 1.54) is 7.11 Å². The summed E-state index contributed by atoms with van der Waals surface area (Å²) in [6.45, 7) is 2.04. The minimum atomic E-state index is 0.0770. The van der Waals surface area contributed by atoms with E-state index in [2.05, 4.69) is 0 Å². The Morgan fingerprint density at radius 2 is 1.88 bits per heavy atom. The molecule has 16 heavy (non-hydrogen) atoms. The number of phenols is 1. The first-order chi connectivity index (χ1) is 7.62. The fourth-order valence-electron chi connectivity index (χ4n) is 1.53. The molecule has 0 heterocycles. The summed E-state index contributed by atoms with van der Waals surface area (Å²) in [5.74, 6) is 1.16. The number of phenolic OH excluding ortho intramolecular Hbond substituents is 1. The molecule has 0 amide bonds. The predicted molar refractivity (Wildman–Crippen MR) is 63.2 cm³/mol. The van der Waals surface area contributed by atoms with Crippen LogP contribution in [-0.4, -0.2) is 25.4 Å². The van der Waals surface area contributed by atoms with Gasteiger partial charge in [-0.15, -0.1) is 0 Å². The van der Waals surface area contributed by atoms with Gasteiger partial charge in [-0.25, -0.2) is 0 Å². The molecule has 90 valence electrons. The first-order valence-corrected chi connectivity index (χ1v) is 5.31. The normalized spacial score (nSPS) is 12.2. The zero-order valence-electron chi connectivity index (χ0n) is 9.99. The molecule has 1 atom stereocenters. The molecule has 1 aromatic carbocycles. The highest BCUT2D eigenvalue weighted by Gasteiger charge is 2.12. The maximum atomic E-state index is 9.60. The Morgan fingerprint density at radius 1 is 1.25 bits per heavy atom. The first kappa shape index (κ1) is 12.6. The molecule has 1 unspecified atom stereocenters. The van der Waals surface area contributed by atoms with Gasteiger partial charge in [-0.3, -0.25) is 0 Å². The third-order valence-corrected chi connectivity index (χ3v) is 2.59. The van der Waals surface area contributed by atoms with Crippen LogP contribution in [0.3, 0.4) is 0 Å².